The van der Waals surface area contributed by atoms with Crippen molar-refractivity contribution < 1.29 is 14.3 Å². The summed E-state index contributed by atoms with van der Waals surface area (Å²) in [7, 11) is 0. The Hall–Kier alpha value is -2.40. The molecule has 0 saturated carbocycles. The summed E-state index contributed by atoms with van der Waals surface area (Å²) in [6, 6.07) is 11.8. The van der Waals surface area contributed by atoms with Crippen LogP contribution in [0.2, 0.25) is 0 Å². The van der Waals surface area contributed by atoms with Gasteiger partial charge in [-0.3, -0.25) is 9.78 Å². The van der Waals surface area contributed by atoms with Crippen LogP contribution in [0.5, 0.6) is 5.75 Å². The maximum absolute atomic E-state index is 12.4. The van der Waals surface area contributed by atoms with Crippen molar-refractivity contribution in [2.24, 2.45) is 0 Å². The van der Waals surface area contributed by atoms with Gasteiger partial charge in [-0.2, -0.15) is 0 Å². The molecule has 5 heteroatoms. The average molecular weight is 354 g/mol. The van der Waals surface area contributed by atoms with Crippen molar-refractivity contribution in [3.8, 4) is 5.75 Å². The number of benzene rings is 1. The van der Waals surface area contributed by atoms with Gasteiger partial charge in [0.25, 0.3) is 0 Å². The first-order valence-corrected chi connectivity index (χ1v) is 9.11. The molecule has 1 aliphatic rings. The highest BCUT2D eigenvalue weighted by Crippen LogP contribution is 2.18. The molecule has 1 aromatic carbocycles. The molecule has 1 aromatic heterocycles. The Kier molecular flexibility index (Phi) is 6.23. The molecule has 138 valence electrons. The molecule has 1 amide bonds. The van der Waals surface area contributed by atoms with E-state index in [1.165, 1.54) is 11.1 Å². The third kappa shape index (κ3) is 5.05. The molecule has 2 heterocycles. The zero-order valence-electron chi connectivity index (χ0n) is 15.5. The van der Waals surface area contributed by atoms with E-state index >= 15 is 0 Å². The lowest BCUT2D eigenvalue weighted by Crippen LogP contribution is -2.31. The predicted octanol–water partition coefficient (Wildman–Crippen LogP) is 3.29. The molecule has 1 aliphatic heterocycles. The van der Waals surface area contributed by atoms with Crippen LogP contribution in [0.4, 0.5) is 0 Å². The molecule has 0 bridgehead atoms. The second-order valence-corrected chi connectivity index (χ2v) is 6.73. The first kappa shape index (κ1) is 18.4. The Morgan fingerprint density at radius 2 is 2.12 bits per heavy atom. The number of likely N-dealkylation sites (tertiary alicyclic amines) is 1. The zero-order valence-corrected chi connectivity index (χ0v) is 15.5. The molecule has 1 saturated heterocycles. The van der Waals surface area contributed by atoms with Crippen molar-refractivity contribution in [1.29, 1.82) is 0 Å². The monoisotopic (exact) mass is 354 g/mol. The molecular weight excluding hydrogens is 328 g/mol. The Balaban J connectivity index is 1.38. The fraction of sp³-hybridized carbons (Fsp3) is 0.429. The quantitative estimate of drug-likeness (QED) is 0.766. The lowest BCUT2D eigenvalue weighted by molar-refractivity contribution is -0.131. The summed E-state index contributed by atoms with van der Waals surface area (Å²) in [6.45, 7) is 6.41. The van der Waals surface area contributed by atoms with Crippen molar-refractivity contribution in [1.82, 2.24) is 9.88 Å². The van der Waals surface area contributed by atoms with E-state index in [1.807, 2.05) is 41.3 Å². The third-order valence-electron chi connectivity index (χ3n) is 4.75. The summed E-state index contributed by atoms with van der Waals surface area (Å²) in [5, 5.41) is 0. The SMILES string of the molecule is Cc1ccc(OCCC(=O)N2CC[C@@H](OCc3ccccn3)C2)cc1C. The van der Waals surface area contributed by atoms with Crippen molar-refractivity contribution in [2.75, 3.05) is 19.7 Å². The van der Waals surface area contributed by atoms with Gasteiger partial charge in [-0.05, 0) is 55.7 Å². The highest BCUT2D eigenvalue weighted by atomic mass is 16.5. The fourth-order valence-electron chi connectivity index (χ4n) is 3.00. The van der Waals surface area contributed by atoms with Gasteiger partial charge in [-0.25, -0.2) is 0 Å². The molecule has 5 nitrogen and oxygen atoms in total. The van der Waals surface area contributed by atoms with Gasteiger partial charge in [0.2, 0.25) is 5.91 Å². The van der Waals surface area contributed by atoms with Crippen LogP contribution in [0.1, 0.15) is 29.7 Å². The second-order valence-electron chi connectivity index (χ2n) is 6.73. The third-order valence-corrected chi connectivity index (χ3v) is 4.75. The van der Waals surface area contributed by atoms with E-state index in [0.717, 1.165) is 24.4 Å². The topological polar surface area (TPSA) is 51.7 Å². The first-order chi connectivity index (χ1) is 12.6. The number of carbonyl (C=O) groups is 1. The van der Waals surface area contributed by atoms with Crippen LogP contribution in [-0.2, 0) is 16.1 Å². The van der Waals surface area contributed by atoms with Crippen LogP contribution in [0.15, 0.2) is 42.6 Å². The highest BCUT2D eigenvalue weighted by Gasteiger charge is 2.26. The summed E-state index contributed by atoms with van der Waals surface area (Å²) in [4.78, 5) is 18.5. The van der Waals surface area contributed by atoms with Crippen LogP contribution >= 0.6 is 0 Å². The summed E-state index contributed by atoms with van der Waals surface area (Å²) < 4.78 is 11.6. The van der Waals surface area contributed by atoms with E-state index < -0.39 is 0 Å². The normalized spacial score (nSPS) is 16.7. The van der Waals surface area contributed by atoms with E-state index in [1.54, 1.807) is 6.20 Å². The molecule has 0 unspecified atom stereocenters. The Bertz CT molecular complexity index is 733. The largest absolute Gasteiger partial charge is 0.493 e. The number of amides is 1. The molecule has 3 rings (SSSR count). The maximum atomic E-state index is 12.4. The van der Waals surface area contributed by atoms with Crippen LogP contribution in [0, 0.1) is 13.8 Å². The van der Waals surface area contributed by atoms with Gasteiger partial charge in [0, 0.05) is 19.3 Å². The number of rotatable bonds is 7. The van der Waals surface area contributed by atoms with Crippen molar-refractivity contribution >= 4 is 5.91 Å². The summed E-state index contributed by atoms with van der Waals surface area (Å²) in [6.07, 6.45) is 3.11. The van der Waals surface area contributed by atoms with E-state index in [2.05, 4.69) is 18.8 Å². The molecule has 2 aromatic rings. The van der Waals surface area contributed by atoms with E-state index in [9.17, 15) is 4.79 Å². The Morgan fingerprint density at radius 3 is 2.88 bits per heavy atom. The smallest absolute Gasteiger partial charge is 0.226 e. The molecule has 0 spiro atoms. The second kappa shape index (κ2) is 8.81. The van der Waals surface area contributed by atoms with Crippen LogP contribution in [0.25, 0.3) is 0 Å². The van der Waals surface area contributed by atoms with Gasteiger partial charge in [-0.1, -0.05) is 12.1 Å². The maximum Gasteiger partial charge on any atom is 0.226 e. The first-order valence-electron chi connectivity index (χ1n) is 9.11. The van der Waals surface area contributed by atoms with Crippen molar-refractivity contribution in [3.05, 3.63) is 59.4 Å². The molecule has 26 heavy (non-hydrogen) atoms. The Morgan fingerprint density at radius 1 is 1.23 bits per heavy atom. The lowest BCUT2D eigenvalue weighted by Gasteiger charge is -2.17. The molecular formula is C21H26N2O3. The number of hydrogen-bond donors (Lipinski definition) is 0. The summed E-state index contributed by atoms with van der Waals surface area (Å²) in [5.41, 5.74) is 3.35. The van der Waals surface area contributed by atoms with Crippen LogP contribution in [-0.4, -0.2) is 41.6 Å². The minimum absolute atomic E-state index is 0.0848. The van der Waals surface area contributed by atoms with Gasteiger partial charge in [0.1, 0.15) is 5.75 Å². The highest BCUT2D eigenvalue weighted by molar-refractivity contribution is 5.76. The standard InChI is InChI=1S/C21H26N2O3/c1-16-6-7-19(13-17(16)2)25-12-9-21(24)23-11-8-20(14-23)26-15-18-5-3-4-10-22-18/h3-7,10,13,20H,8-9,11-12,14-15H2,1-2H3/t20-/m1/s1. The number of nitrogens with zero attached hydrogens (tertiary/aromatic N) is 2. The summed E-state index contributed by atoms with van der Waals surface area (Å²) >= 11 is 0. The number of hydrogen-bond acceptors (Lipinski definition) is 4. The molecule has 1 fully saturated rings. The molecule has 0 radical (unpaired) electrons. The molecule has 0 N–H and O–H groups in total. The predicted molar refractivity (Wildman–Crippen MR) is 100 cm³/mol. The average Bonchev–Trinajstić information content (AvgIpc) is 3.13. The minimum Gasteiger partial charge on any atom is -0.493 e. The van der Waals surface area contributed by atoms with Crippen molar-refractivity contribution in [3.63, 3.8) is 0 Å². The molecule has 0 aliphatic carbocycles. The van der Waals surface area contributed by atoms with Crippen molar-refractivity contribution in [2.45, 2.75) is 39.4 Å². The Labute approximate surface area is 155 Å². The number of carbonyl (C=O) groups excluding carboxylic acids is 1. The van der Waals surface area contributed by atoms with E-state index in [-0.39, 0.29) is 12.0 Å². The minimum atomic E-state index is 0.0848. The number of aromatic nitrogens is 1. The van der Waals surface area contributed by atoms with Gasteiger partial charge in [-0.15, -0.1) is 0 Å². The van der Waals surface area contributed by atoms with E-state index in [0.29, 0.717) is 26.2 Å². The van der Waals surface area contributed by atoms with Gasteiger partial charge >= 0.3 is 0 Å². The number of pyridine rings is 1. The van der Waals surface area contributed by atoms with Crippen LogP contribution in [0.3, 0.4) is 0 Å². The van der Waals surface area contributed by atoms with Crippen LogP contribution < -0.4 is 4.74 Å². The van der Waals surface area contributed by atoms with Gasteiger partial charge < -0.3 is 14.4 Å². The van der Waals surface area contributed by atoms with Gasteiger partial charge in [0.15, 0.2) is 0 Å². The lowest BCUT2D eigenvalue weighted by atomic mass is 10.1. The van der Waals surface area contributed by atoms with E-state index in [4.69, 9.17) is 9.47 Å². The van der Waals surface area contributed by atoms with Gasteiger partial charge in [0.05, 0.1) is 31.4 Å². The zero-order chi connectivity index (χ0) is 18.4. The number of aryl methyl sites for hydroxylation is 2. The summed E-state index contributed by atoms with van der Waals surface area (Å²) in [5.74, 6) is 0.941. The molecule has 1 atom stereocenters. The number of ether oxygens (including phenoxy) is 2. The fourth-order valence-corrected chi connectivity index (χ4v) is 3.00.